The minimum absolute atomic E-state index is 0.109. The van der Waals surface area contributed by atoms with Crippen molar-refractivity contribution >= 4 is 17.3 Å². The summed E-state index contributed by atoms with van der Waals surface area (Å²) in [5.41, 5.74) is 3.84. The Hall–Kier alpha value is -3.41. The van der Waals surface area contributed by atoms with Crippen molar-refractivity contribution in [3.8, 4) is 0 Å². The van der Waals surface area contributed by atoms with Crippen molar-refractivity contribution in [2.75, 3.05) is 17.2 Å². The summed E-state index contributed by atoms with van der Waals surface area (Å²) in [6, 6.07) is 15.8. The van der Waals surface area contributed by atoms with Crippen molar-refractivity contribution in [2.24, 2.45) is 0 Å². The Labute approximate surface area is 187 Å². The molecule has 6 nitrogen and oxygen atoms in total. The molecule has 6 heteroatoms. The molecule has 0 atom stereocenters. The van der Waals surface area contributed by atoms with E-state index in [1.807, 2.05) is 18.2 Å². The molecule has 1 aliphatic rings. The van der Waals surface area contributed by atoms with Gasteiger partial charge in [0.25, 0.3) is 16.8 Å². The van der Waals surface area contributed by atoms with Crippen molar-refractivity contribution in [1.82, 2.24) is 5.32 Å². The zero-order valence-corrected chi connectivity index (χ0v) is 18.4. The molecule has 3 aromatic rings. The van der Waals surface area contributed by atoms with Crippen molar-refractivity contribution in [2.45, 2.75) is 51.6 Å². The first-order chi connectivity index (χ1) is 15.5. The Morgan fingerprint density at radius 2 is 1.66 bits per heavy atom. The first-order valence-corrected chi connectivity index (χ1v) is 11.3. The Kier molecular flexibility index (Phi) is 6.69. The standard InChI is InChI=1S/C26H29N3O3/c1-17-5-4-6-18(15-17)13-14-27-26(32)20-11-9-19(10-12-20)16-28-22-23(25(31)24(22)30)29-21-7-2-3-8-21/h4-6,9-12,15,21,28-29H,2-3,7-8,13-14,16H2,1H3,(H,27,32). The van der Waals surface area contributed by atoms with Gasteiger partial charge in [-0.3, -0.25) is 14.4 Å². The number of carbonyl (C=O) groups is 1. The fraction of sp³-hybridized carbons (Fsp3) is 0.346. The van der Waals surface area contributed by atoms with E-state index in [0.29, 0.717) is 30.0 Å². The predicted octanol–water partition coefficient (Wildman–Crippen LogP) is 3.53. The molecule has 4 rings (SSSR count). The van der Waals surface area contributed by atoms with E-state index in [1.54, 1.807) is 12.1 Å². The number of rotatable bonds is 9. The highest BCUT2D eigenvalue weighted by Crippen LogP contribution is 2.24. The molecule has 3 N–H and O–H groups in total. The van der Waals surface area contributed by atoms with Gasteiger partial charge in [0.2, 0.25) is 0 Å². The van der Waals surface area contributed by atoms with Crippen LogP contribution in [0.4, 0.5) is 11.4 Å². The van der Waals surface area contributed by atoms with Gasteiger partial charge in [0, 0.05) is 24.7 Å². The lowest BCUT2D eigenvalue weighted by molar-refractivity contribution is 0.0954. The fourth-order valence-electron chi connectivity index (χ4n) is 4.23. The normalized spacial score (nSPS) is 13.9. The van der Waals surface area contributed by atoms with Gasteiger partial charge in [0.1, 0.15) is 11.4 Å². The van der Waals surface area contributed by atoms with E-state index in [4.69, 9.17) is 0 Å². The molecule has 32 heavy (non-hydrogen) atoms. The Bertz CT molecular complexity index is 1150. The van der Waals surface area contributed by atoms with Crippen LogP contribution in [0.15, 0.2) is 58.1 Å². The molecule has 0 bridgehead atoms. The van der Waals surface area contributed by atoms with Gasteiger partial charge in [0.15, 0.2) is 0 Å². The van der Waals surface area contributed by atoms with Crippen molar-refractivity contribution in [3.05, 3.63) is 91.2 Å². The summed E-state index contributed by atoms with van der Waals surface area (Å²) in [7, 11) is 0. The largest absolute Gasteiger partial charge is 0.377 e. The maximum atomic E-state index is 12.4. The van der Waals surface area contributed by atoms with Crippen LogP contribution in [0.3, 0.4) is 0 Å². The maximum Gasteiger partial charge on any atom is 0.253 e. The molecule has 1 aliphatic carbocycles. The molecule has 3 aromatic carbocycles. The number of anilines is 2. The van der Waals surface area contributed by atoms with Crippen LogP contribution in [0, 0.1) is 6.92 Å². The average Bonchev–Trinajstić information content (AvgIpc) is 3.32. The van der Waals surface area contributed by atoms with Crippen molar-refractivity contribution < 1.29 is 4.79 Å². The van der Waals surface area contributed by atoms with Gasteiger partial charge in [-0.2, -0.15) is 0 Å². The predicted molar refractivity (Wildman–Crippen MR) is 128 cm³/mol. The first-order valence-electron chi connectivity index (χ1n) is 11.3. The van der Waals surface area contributed by atoms with Crippen molar-refractivity contribution in [1.29, 1.82) is 0 Å². The second-order valence-electron chi connectivity index (χ2n) is 8.58. The van der Waals surface area contributed by atoms with Crippen LogP contribution in [0.1, 0.15) is 52.7 Å². The number of benzene rings is 2. The number of hydrogen-bond donors (Lipinski definition) is 3. The first kappa shape index (κ1) is 21.8. The topological polar surface area (TPSA) is 87.3 Å². The molecule has 0 radical (unpaired) electrons. The van der Waals surface area contributed by atoms with E-state index in [1.165, 1.54) is 11.1 Å². The van der Waals surface area contributed by atoms with Gasteiger partial charge in [0.05, 0.1) is 0 Å². The van der Waals surface area contributed by atoms with Crippen LogP contribution < -0.4 is 26.8 Å². The highest BCUT2D eigenvalue weighted by atomic mass is 16.2. The summed E-state index contributed by atoms with van der Waals surface area (Å²) >= 11 is 0. The molecule has 0 heterocycles. The van der Waals surface area contributed by atoms with Crippen LogP contribution in [0.2, 0.25) is 0 Å². The molecule has 0 saturated heterocycles. The monoisotopic (exact) mass is 431 g/mol. The third-order valence-corrected chi connectivity index (χ3v) is 6.08. The van der Waals surface area contributed by atoms with Gasteiger partial charge < -0.3 is 16.0 Å². The summed E-state index contributed by atoms with van der Waals surface area (Å²) in [6.07, 6.45) is 5.16. The SMILES string of the molecule is Cc1cccc(CCNC(=O)c2ccc(CNc3c(NC4CCCC4)c(=O)c3=O)cc2)c1. The van der Waals surface area contributed by atoms with Crippen LogP contribution in [-0.4, -0.2) is 18.5 Å². The molecular formula is C26H29N3O3. The molecule has 166 valence electrons. The van der Waals surface area contributed by atoms with Gasteiger partial charge in [-0.1, -0.05) is 54.8 Å². The summed E-state index contributed by atoms with van der Waals surface area (Å²) in [6.45, 7) is 3.05. The zero-order chi connectivity index (χ0) is 22.5. The Morgan fingerprint density at radius 1 is 0.938 bits per heavy atom. The third kappa shape index (κ3) is 5.07. The van der Waals surface area contributed by atoms with Gasteiger partial charge >= 0.3 is 0 Å². The molecule has 1 amide bonds. The van der Waals surface area contributed by atoms with E-state index in [2.05, 4.69) is 41.1 Å². The van der Waals surface area contributed by atoms with E-state index in [9.17, 15) is 14.4 Å². The number of amides is 1. The molecular weight excluding hydrogens is 402 g/mol. The summed E-state index contributed by atoms with van der Waals surface area (Å²) < 4.78 is 0. The number of nitrogens with one attached hydrogen (secondary N) is 3. The van der Waals surface area contributed by atoms with Gasteiger partial charge in [-0.25, -0.2) is 0 Å². The average molecular weight is 432 g/mol. The summed E-state index contributed by atoms with van der Waals surface area (Å²) in [4.78, 5) is 36.3. The van der Waals surface area contributed by atoms with Crippen LogP contribution >= 0.6 is 0 Å². The highest BCUT2D eigenvalue weighted by Gasteiger charge is 2.24. The number of carbonyl (C=O) groups excluding carboxylic acids is 1. The quantitative estimate of drug-likeness (QED) is 0.451. The molecule has 0 aromatic heterocycles. The number of hydrogen-bond acceptors (Lipinski definition) is 5. The van der Waals surface area contributed by atoms with Crippen molar-refractivity contribution in [3.63, 3.8) is 0 Å². The maximum absolute atomic E-state index is 12.4. The second kappa shape index (κ2) is 9.81. The van der Waals surface area contributed by atoms with Crippen LogP contribution in [-0.2, 0) is 13.0 Å². The lowest BCUT2D eigenvalue weighted by Crippen LogP contribution is -2.39. The van der Waals surface area contributed by atoms with E-state index < -0.39 is 10.9 Å². The molecule has 0 aliphatic heterocycles. The minimum Gasteiger partial charge on any atom is -0.377 e. The molecule has 0 unspecified atom stereocenters. The van der Waals surface area contributed by atoms with E-state index >= 15 is 0 Å². The van der Waals surface area contributed by atoms with Crippen LogP contribution in [0.25, 0.3) is 0 Å². The Morgan fingerprint density at radius 3 is 2.38 bits per heavy atom. The lowest BCUT2D eigenvalue weighted by atomic mass is 10.1. The smallest absolute Gasteiger partial charge is 0.253 e. The second-order valence-corrected chi connectivity index (χ2v) is 8.58. The van der Waals surface area contributed by atoms with E-state index in [0.717, 1.165) is 37.7 Å². The third-order valence-electron chi connectivity index (χ3n) is 6.08. The fourth-order valence-corrected chi connectivity index (χ4v) is 4.23. The highest BCUT2D eigenvalue weighted by molar-refractivity contribution is 5.94. The molecule has 1 saturated carbocycles. The minimum atomic E-state index is -0.463. The summed E-state index contributed by atoms with van der Waals surface area (Å²) in [5.74, 6) is -0.109. The van der Waals surface area contributed by atoms with Gasteiger partial charge in [-0.15, -0.1) is 0 Å². The Balaban J connectivity index is 1.28. The lowest BCUT2D eigenvalue weighted by Gasteiger charge is -2.18. The molecule has 0 spiro atoms. The summed E-state index contributed by atoms with van der Waals surface area (Å²) in [5, 5.41) is 9.28. The van der Waals surface area contributed by atoms with Gasteiger partial charge in [-0.05, 0) is 49.4 Å². The molecule has 1 fully saturated rings. The number of aryl methyl sites for hydroxylation is 1. The van der Waals surface area contributed by atoms with E-state index in [-0.39, 0.29) is 11.9 Å². The zero-order valence-electron chi connectivity index (χ0n) is 18.4. The van der Waals surface area contributed by atoms with Crippen LogP contribution in [0.5, 0.6) is 0 Å².